The van der Waals surface area contributed by atoms with Crippen LogP contribution >= 0.6 is 23.8 Å². The number of carbonyl (C=O) groups excluding carboxylic acids is 1. The third-order valence-electron chi connectivity index (χ3n) is 3.01. The van der Waals surface area contributed by atoms with E-state index in [2.05, 4.69) is 15.6 Å². The molecular formula is C16H16ClN3OS. The molecule has 0 aliphatic heterocycles. The highest BCUT2D eigenvalue weighted by Crippen LogP contribution is 2.16. The molecule has 0 saturated heterocycles. The Hall–Kier alpha value is -1.98. The fraction of sp³-hybridized carbons (Fsp3) is 0.188. The Labute approximate surface area is 139 Å². The van der Waals surface area contributed by atoms with Gasteiger partial charge in [0, 0.05) is 30.4 Å². The number of hydrogen-bond donors (Lipinski definition) is 2. The van der Waals surface area contributed by atoms with E-state index in [4.69, 9.17) is 23.8 Å². The monoisotopic (exact) mass is 333 g/mol. The Bertz CT molecular complexity index is 649. The molecule has 0 bridgehead atoms. The Morgan fingerprint density at radius 1 is 1.23 bits per heavy atom. The van der Waals surface area contributed by atoms with Gasteiger partial charge in [0.25, 0.3) is 0 Å². The third-order valence-corrected chi connectivity index (χ3v) is 3.62. The second-order valence-electron chi connectivity index (χ2n) is 4.68. The number of nitrogens with zero attached hydrogens (tertiary/aromatic N) is 1. The standard InChI is InChI=1S/C16H16ClN3OS/c17-14-6-2-1-5-13(14)7-8-15(21)20-16(22)19-11-12-4-3-9-18-10-12/h1-6,9-10H,7-8,11H2,(H2,19,20,21,22). The van der Waals surface area contributed by atoms with Crippen LogP contribution in [0.15, 0.2) is 48.8 Å². The maximum absolute atomic E-state index is 11.9. The van der Waals surface area contributed by atoms with Crippen molar-refractivity contribution in [2.45, 2.75) is 19.4 Å². The highest BCUT2D eigenvalue weighted by Gasteiger charge is 2.06. The predicted octanol–water partition coefficient (Wildman–Crippen LogP) is 2.86. The zero-order valence-corrected chi connectivity index (χ0v) is 13.5. The Morgan fingerprint density at radius 3 is 2.77 bits per heavy atom. The van der Waals surface area contributed by atoms with Crippen LogP contribution in [0.1, 0.15) is 17.5 Å². The lowest BCUT2D eigenvalue weighted by atomic mass is 10.1. The first-order valence-electron chi connectivity index (χ1n) is 6.85. The molecule has 2 aromatic rings. The minimum Gasteiger partial charge on any atom is -0.358 e. The summed E-state index contributed by atoms with van der Waals surface area (Å²) in [4.78, 5) is 15.9. The summed E-state index contributed by atoms with van der Waals surface area (Å²) in [6, 6.07) is 11.3. The average Bonchev–Trinajstić information content (AvgIpc) is 2.53. The maximum Gasteiger partial charge on any atom is 0.226 e. The van der Waals surface area contributed by atoms with Gasteiger partial charge in [-0.1, -0.05) is 35.9 Å². The summed E-state index contributed by atoms with van der Waals surface area (Å²) in [6.45, 7) is 0.525. The zero-order valence-electron chi connectivity index (χ0n) is 11.9. The molecule has 2 N–H and O–H groups in total. The van der Waals surface area contributed by atoms with Crippen LogP contribution in [0.3, 0.4) is 0 Å². The minimum atomic E-state index is -0.136. The summed E-state index contributed by atoms with van der Waals surface area (Å²) in [5.41, 5.74) is 1.95. The molecule has 0 atom stereocenters. The van der Waals surface area contributed by atoms with Gasteiger partial charge in [0.15, 0.2) is 5.11 Å². The van der Waals surface area contributed by atoms with E-state index < -0.39 is 0 Å². The van der Waals surface area contributed by atoms with Gasteiger partial charge in [0.1, 0.15) is 0 Å². The van der Waals surface area contributed by atoms with Crippen LogP contribution in [0, 0.1) is 0 Å². The van der Waals surface area contributed by atoms with Crippen molar-refractivity contribution in [1.29, 1.82) is 0 Å². The first-order valence-corrected chi connectivity index (χ1v) is 7.64. The van der Waals surface area contributed by atoms with Crippen molar-refractivity contribution in [2.75, 3.05) is 0 Å². The second-order valence-corrected chi connectivity index (χ2v) is 5.50. The summed E-state index contributed by atoms with van der Waals surface area (Å²) in [5.74, 6) is -0.136. The van der Waals surface area contributed by atoms with Gasteiger partial charge in [0.2, 0.25) is 5.91 Å². The Morgan fingerprint density at radius 2 is 2.05 bits per heavy atom. The first kappa shape index (κ1) is 16.4. The molecule has 4 nitrogen and oxygen atoms in total. The number of aryl methyl sites for hydroxylation is 1. The van der Waals surface area contributed by atoms with Crippen LogP contribution in [-0.2, 0) is 17.8 Å². The quantitative estimate of drug-likeness (QED) is 0.826. The van der Waals surface area contributed by atoms with Gasteiger partial charge in [-0.25, -0.2) is 0 Å². The summed E-state index contributed by atoms with van der Waals surface area (Å²) < 4.78 is 0. The lowest BCUT2D eigenvalue weighted by Crippen LogP contribution is -2.38. The van der Waals surface area contributed by atoms with Crippen molar-refractivity contribution in [3.8, 4) is 0 Å². The molecule has 0 fully saturated rings. The van der Waals surface area contributed by atoms with Gasteiger partial charge >= 0.3 is 0 Å². The van der Waals surface area contributed by atoms with Crippen LogP contribution in [-0.4, -0.2) is 16.0 Å². The van der Waals surface area contributed by atoms with Crippen molar-refractivity contribution in [3.05, 3.63) is 64.9 Å². The Balaban J connectivity index is 1.72. The molecule has 0 unspecified atom stereocenters. The van der Waals surface area contributed by atoms with E-state index in [1.807, 2.05) is 36.4 Å². The normalized spacial score (nSPS) is 10.0. The number of hydrogen-bond acceptors (Lipinski definition) is 3. The molecule has 0 radical (unpaired) electrons. The molecule has 0 saturated carbocycles. The van der Waals surface area contributed by atoms with Gasteiger partial charge in [-0.2, -0.15) is 0 Å². The van der Waals surface area contributed by atoms with Gasteiger partial charge in [-0.15, -0.1) is 0 Å². The molecular weight excluding hydrogens is 318 g/mol. The molecule has 1 heterocycles. The molecule has 1 amide bonds. The summed E-state index contributed by atoms with van der Waals surface area (Å²) in [7, 11) is 0. The predicted molar refractivity (Wildman–Crippen MR) is 91.6 cm³/mol. The van der Waals surface area contributed by atoms with Crippen molar-refractivity contribution in [1.82, 2.24) is 15.6 Å². The highest BCUT2D eigenvalue weighted by atomic mass is 35.5. The fourth-order valence-electron chi connectivity index (χ4n) is 1.87. The summed E-state index contributed by atoms with van der Waals surface area (Å²) in [6.07, 6.45) is 4.36. The number of amides is 1. The third kappa shape index (κ3) is 5.42. The van der Waals surface area contributed by atoms with Gasteiger partial charge in [-0.3, -0.25) is 9.78 Å². The van der Waals surface area contributed by atoms with Crippen LogP contribution in [0.25, 0.3) is 0 Å². The van der Waals surface area contributed by atoms with E-state index in [1.165, 1.54) is 0 Å². The lowest BCUT2D eigenvalue weighted by molar-refractivity contribution is -0.119. The molecule has 2 rings (SSSR count). The molecule has 1 aromatic heterocycles. The van der Waals surface area contributed by atoms with Gasteiger partial charge in [-0.05, 0) is 41.9 Å². The topological polar surface area (TPSA) is 54.0 Å². The number of nitrogens with one attached hydrogen (secondary N) is 2. The smallest absolute Gasteiger partial charge is 0.226 e. The number of pyridine rings is 1. The van der Waals surface area contributed by atoms with E-state index in [0.717, 1.165) is 11.1 Å². The number of benzene rings is 1. The van der Waals surface area contributed by atoms with Crippen LogP contribution < -0.4 is 10.6 Å². The summed E-state index contributed by atoms with van der Waals surface area (Å²) in [5, 5.41) is 6.62. The maximum atomic E-state index is 11.9. The first-order chi connectivity index (χ1) is 10.6. The van der Waals surface area contributed by atoms with E-state index in [9.17, 15) is 4.79 Å². The number of rotatable bonds is 5. The second kappa shape index (κ2) is 8.46. The van der Waals surface area contributed by atoms with Crippen molar-refractivity contribution >= 4 is 34.8 Å². The molecule has 0 spiro atoms. The fourth-order valence-corrected chi connectivity index (χ4v) is 2.28. The number of halogens is 1. The van der Waals surface area contributed by atoms with Crippen molar-refractivity contribution in [2.24, 2.45) is 0 Å². The number of carbonyl (C=O) groups is 1. The molecule has 1 aromatic carbocycles. The van der Waals surface area contributed by atoms with Crippen LogP contribution in [0.4, 0.5) is 0 Å². The molecule has 22 heavy (non-hydrogen) atoms. The van der Waals surface area contributed by atoms with Crippen LogP contribution in [0.2, 0.25) is 5.02 Å². The van der Waals surface area contributed by atoms with E-state index in [1.54, 1.807) is 12.4 Å². The molecule has 114 valence electrons. The molecule has 6 heteroatoms. The largest absolute Gasteiger partial charge is 0.358 e. The number of aromatic nitrogens is 1. The Kier molecular flexibility index (Phi) is 6.30. The molecule has 0 aliphatic carbocycles. The minimum absolute atomic E-state index is 0.136. The highest BCUT2D eigenvalue weighted by molar-refractivity contribution is 7.80. The van der Waals surface area contributed by atoms with Gasteiger partial charge in [0.05, 0.1) is 0 Å². The summed E-state index contributed by atoms with van der Waals surface area (Å²) >= 11 is 11.2. The van der Waals surface area contributed by atoms with Crippen molar-refractivity contribution < 1.29 is 4.79 Å². The van der Waals surface area contributed by atoms with Gasteiger partial charge < -0.3 is 10.6 Å². The molecule has 0 aliphatic rings. The van der Waals surface area contributed by atoms with E-state index in [-0.39, 0.29) is 5.91 Å². The SMILES string of the molecule is O=C(CCc1ccccc1Cl)NC(=S)NCc1cccnc1. The number of thiocarbonyl (C=S) groups is 1. The average molecular weight is 334 g/mol. The van der Waals surface area contributed by atoms with Crippen LogP contribution in [0.5, 0.6) is 0 Å². The van der Waals surface area contributed by atoms with E-state index >= 15 is 0 Å². The van der Waals surface area contributed by atoms with Crippen molar-refractivity contribution in [3.63, 3.8) is 0 Å². The zero-order chi connectivity index (χ0) is 15.8. The van der Waals surface area contributed by atoms with E-state index in [0.29, 0.717) is 29.5 Å². The lowest BCUT2D eigenvalue weighted by Gasteiger charge is -2.09.